The van der Waals surface area contributed by atoms with Gasteiger partial charge >= 0.3 is 0 Å². The summed E-state index contributed by atoms with van der Waals surface area (Å²) in [6, 6.07) is 2.10. The van der Waals surface area contributed by atoms with Crippen molar-refractivity contribution in [1.82, 2.24) is 10.6 Å². The predicted octanol–water partition coefficient (Wildman–Crippen LogP) is 1.73. The lowest BCUT2D eigenvalue weighted by Crippen LogP contribution is -2.55. The second-order valence-electron chi connectivity index (χ2n) is 5.35. The Hall–Kier alpha value is -1.26. The molecule has 2 N–H and O–H groups in total. The van der Waals surface area contributed by atoms with Crippen LogP contribution in [0.1, 0.15) is 23.6 Å². The number of methoxy groups -OCH3 is 2. The molecule has 1 aromatic carbocycles. The van der Waals surface area contributed by atoms with Crippen molar-refractivity contribution >= 4 is 0 Å². The van der Waals surface area contributed by atoms with Crippen molar-refractivity contribution in [1.29, 1.82) is 0 Å². The first kappa shape index (κ1) is 14.2. The fourth-order valence-corrected chi connectivity index (χ4v) is 2.77. The van der Waals surface area contributed by atoms with E-state index >= 15 is 0 Å². The van der Waals surface area contributed by atoms with Gasteiger partial charge in [0.15, 0.2) is 0 Å². The number of hydrogen-bond donors (Lipinski definition) is 2. The van der Waals surface area contributed by atoms with Crippen LogP contribution >= 0.6 is 0 Å². The van der Waals surface area contributed by atoms with E-state index in [2.05, 4.69) is 37.5 Å². The summed E-state index contributed by atoms with van der Waals surface area (Å²) in [6.45, 7) is 9.18. The molecule has 1 fully saturated rings. The van der Waals surface area contributed by atoms with Crippen LogP contribution in [0.3, 0.4) is 0 Å². The zero-order chi connectivity index (χ0) is 14.0. The van der Waals surface area contributed by atoms with Crippen LogP contribution in [0.5, 0.6) is 11.5 Å². The number of rotatable bonds is 3. The monoisotopic (exact) mass is 264 g/mol. The molecule has 1 aromatic rings. The Morgan fingerprint density at radius 3 is 2.37 bits per heavy atom. The summed E-state index contributed by atoms with van der Waals surface area (Å²) < 4.78 is 11.1. The van der Waals surface area contributed by atoms with Crippen LogP contribution in [-0.2, 0) is 5.54 Å². The molecule has 0 amide bonds. The number of piperazine rings is 1. The SMILES string of the molecule is COc1cc(C2(C)CNCCN2)c(OC)c(C)c1C. The summed E-state index contributed by atoms with van der Waals surface area (Å²) >= 11 is 0. The average Bonchev–Trinajstić information content (AvgIpc) is 2.42. The van der Waals surface area contributed by atoms with Crippen molar-refractivity contribution in [3.8, 4) is 11.5 Å². The average molecular weight is 264 g/mol. The molecule has 1 unspecified atom stereocenters. The highest BCUT2D eigenvalue weighted by molar-refractivity contribution is 5.55. The topological polar surface area (TPSA) is 42.5 Å². The third-order valence-electron chi connectivity index (χ3n) is 4.11. The Morgan fingerprint density at radius 2 is 1.84 bits per heavy atom. The minimum Gasteiger partial charge on any atom is -0.496 e. The third kappa shape index (κ3) is 2.42. The Morgan fingerprint density at radius 1 is 1.11 bits per heavy atom. The summed E-state index contributed by atoms with van der Waals surface area (Å²) in [5.41, 5.74) is 3.30. The van der Waals surface area contributed by atoms with E-state index in [9.17, 15) is 0 Å². The second-order valence-corrected chi connectivity index (χ2v) is 5.35. The van der Waals surface area contributed by atoms with Gasteiger partial charge in [0.25, 0.3) is 0 Å². The molecule has 1 aliphatic heterocycles. The molecule has 1 atom stereocenters. The molecule has 0 bridgehead atoms. The van der Waals surface area contributed by atoms with Crippen LogP contribution in [-0.4, -0.2) is 33.9 Å². The largest absolute Gasteiger partial charge is 0.496 e. The van der Waals surface area contributed by atoms with Gasteiger partial charge in [0, 0.05) is 25.2 Å². The number of benzene rings is 1. The number of hydrogen-bond acceptors (Lipinski definition) is 4. The van der Waals surface area contributed by atoms with Gasteiger partial charge in [-0.1, -0.05) is 0 Å². The van der Waals surface area contributed by atoms with Crippen LogP contribution in [0.2, 0.25) is 0 Å². The lowest BCUT2D eigenvalue weighted by atomic mass is 9.86. The highest BCUT2D eigenvalue weighted by Crippen LogP contribution is 2.39. The first-order chi connectivity index (χ1) is 9.03. The molecule has 1 heterocycles. The molecular formula is C15H24N2O2. The summed E-state index contributed by atoms with van der Waals surface area (Å²) in [5, 5.41) is 7.02. The molecule has 4 nitrogen and oxygen atoms in total. The van der Waals surface area contributed by atoms with Gasteiger partial charge in [0.05, 0.1) is 19.8 Å². The van der Waals surface area contributed by atoms with E-state index in [0.717, 1.165) is 47.8 Å². The Balaban J connectivity index is 2.57. The Bertz CT molecular complexity index is 466. The van der Waals surface area contributed by atoms with Crippen LogP contribution in [0, 0.1) is 13.8 Å². The van der Waals surface area contributed by atoms with Gasteiger partial charge in [0.1, 0.15) is 11.5 Å². The van der Waals surface area contributed by atoms with Crippen LogP contribution in [0.15, 0.2) is 6.07 Å². The standard InChI is InChI=1S/C15H24N2O2/c1-10-11(2)14(19-5)12(8-13(10)18-4)15(3)9-16-6-7-17-15/h8,16-17H,6-7,9H2,1-5H3. The molecule has 0 aromatic heterocycles. The maximum atomic E-state index is 5.65. The van der Waals surface area contributed by atoms with Crippen molar-refractivity contribution in [2.75, 3.05) is 33.9 Å². The van der Waals surface area contributed by atoms with Gasteiger partial charge in [-0.2, -0.15) is 0 Å². The summed E-state index contributed by atoms with van der Waals surface area (Å²) in [5.74, 6) is 1.87. The lowest BCUT2D eigenvalue weighted by molar-refractivity contribution is 0.287. The highest BCUT2D eigenvalue weighted by Gasteiger charge is 2.33. The summed E-state index contributed by atoms with van der Waals surface area (Å²) in [7, 11) is 3.45. The first-order valence-electron chi connectivity index (χ1n) is 6.72. The predicted molar refractivity (Wildman–Crippen MR) is 77.2 cm³/mol. The van der Waals surface area contributed by atoms with E-state index in [1.807, 2.05) is 0 Å². The Labute approximate surface area is 115 Å². The molecule has 1 saturated heterocycles. The fourth-order valence-electron chi connectivity index (χ4n) is 2.77. The molecule has 0 radical (unpaired) electrons. The van der Waals surface area contributed by atoms with Crippen LogP contribution in [0.25, 0.3) is 0 Å². The minimum absolute atomic E-state index is 0.130. The van der Waals surface area contributed by atoms with E-state index in [1.165, 1.54) is 0 Å². The quantitative estimate of drug-likeness (QED) is 0.872. The van der Waals surface area contributed by atoms with E-state index < -0.39 is 0 Å². The van der Waals surface area contributed by atoms with Crippen LogP contribution < -0.4 is 20.1 Å². The minimum atomic E-state index is -0.130. The van der Waals surface area contributed by atoms with E-state index in [1.54, 1.807) is 14.2 Å². The molecular weight excluding hydrogens is 240 g/mol. The van der Waals surface area contributed by atoms with Gasteiger partial charge in [0.2, 0.25) is 0 Å². The maximum Gasteiger partial charge on any atom is 0.127 e. The lowest BCUT2D eigenvalue weighted by Gasteiger charge is -2.37. The maximum absolute atomic E-state index is 5.65. The zero-order valence-corrected chi connectivity index (χ0v) is 12.5. The summed E-state index contributed by atoms with van der Waals surface area (Å²) in [6.07, 6.45) is 0. The Kier molecular flexibility index (Phi) is 4.02. The van der Waals surface area contributed by atoms with Crippen molar-refractivity contribution in [3.05, 3.63) is 22.8 Å². The smallest absolute Gasteiger partial charge is 0.127 e. The molecule has 1 aliphatic rings. The first-order valence-corrected chi connectivity index (χ1v) is 6.72. The molecule has 4 heteroatoms. The van der Waals surface area contributed by atoms with E-state index in [4.69, 9.17) is 9.47 Å². The van der Waals surface area contributed by atoms with Crippen molar-refractivity contribution in [2.45, 2.75) is 26.3 Å². The van der Waals surface area contributed by atoms with Crippen LogP contribution in [0.4, 0.5) is 0 Å². The van der Waals surface area contributed by atoms with Gasteiger partial charge in [-0.3, -0.25) is 0 Å². The molecule has 0 saturated carbocycles. The van der Waals surface area contributed by atoms with Gasteiger partial charge < -0.3 is 20.1 Å². The molecule has 2 rings (SSSR count). The fraction of sp³-hybridized carbons (Fsp3) is 0.600. The molecule has 0 aliphatic carbocycles. The number of ether oxygens (including phenoxy) is 2. The van der Waals surface area contributed by atoms with Crippen molar-refractivity contribution in [2.24, 2.45) is 0 Å². The van der Waals surface area contributed by atoms with Gasteiger partial charge in [-0.05, 0) is 38.0 Å². The zero-order valence-electron chi connectivity index (χ0n) is 12.5. The van der Waals surface area contributed by atoms with Gasteiger partial charge in [-0.15, -0.1) is 0 Å². The molecule has 19 heavy (non-hydrogen) atoms. The van der Waals surface area contributed by atoms with Gasteiger partial charge in [-0.25, -0.2) is 0 Å². The van der Waals surface area contributed by atoms with Crippen molar-refractivity contribution < 1.29 is 9.47 Å². The highest BCUT2D eigenvalue weighted by atomic mass is 16.5. The molecule has 0 spiro atoms. The van der Waals surface area contributed by atoms with Crippen molar-refractivity contribution in [3.63, 3.8) is 0 Å². The normalized spacial score (nSPS) is 23.2. The van der Waals surface area contributed by atoms with E-state index in [-0.39, 0.29) is 5.54 Å². The second kappa shape index (κ2) is 5.39. The third-order valence-corrected chi connectivity index (χ3v) is 4.11. The summed E-state index contributed by atoms with van der Waals surface area (Å²) in [4.78, 5) is 0. The number of nitrogens with one attached hydrogen (secondary N) is 2. The molecule has 106 valence electrons. The van der Waals surface area contributed by atoms with E-state index in [0.29, 0.717) is 0 Å².